The number of carbonyl (C=O) groups is 1. The van der Waals surface area contributed by atoms with Gasteiger partial charge in [-0.3, -0.25) is 4.90 Å². The molecule has 1 saturated heterocycles. The second-order valence-corrected chi connectivity index (χ2v) is 11.6. The molecule has 0 N–H and O–H groups in total. The number of hydrogen-bond acceptors (Lipinski definition) is 4. The van der Waals surface area contributed by atoms with E-state index in [9.17, 15) is 4.79 Å². The number of ether oxygens (including phenoxy) is 1. The predicted molar refractivity (Wildman–Crippen MR) is 139 cm³/mol. The summed E-state index contributed by atoms with van der Waals surface area (Å²) in [6.07, 6.45) is 3.81. The van der Waals surface area contributed by atoms with Crippen LogP contribution in [0.1, 0.15) is 54.9 Å². The Morgan fingerprint density at radius 2 is 1.82 bits per heavy atom. The fourth-order valence-electron chi connectivity index (χ4n) is 5.46. The fraction of sp³-hybridized carbons (Fsp3) is 0.519. The number of nitrogens with zero attached hydrogens (tertiary/aromatic N) is 2. The van der Waals surface area contributed by atoms with E-state index in [4.69, 9.17) is 16.3 Å². The quantitative estimate of drug-likeness (QED) is 0.404. The molecule has 2 atom stereocenters. The lowest BCUT2D eigenvalue weighted by Crippen LogP contribution is -2.49. The molecule has 4 nitrogen and oxygen atoms in total. The highest BCUT2D eigenvalue weighted by Crippen LogP contribution is 2.47. The van der Waals surface area contributed by atoms with E-state index in [-0.39, 0.29) is 5.97 Å². The molecule has 0 spiro atoms. The first kappa shape index (κ1) is 24.6. The first-order valence-electron chi connectivity index (χ1n) is 11.9. The zero-order valence-corrected chi connectivity index (χ0v) is 22.2. The standard InChI is InChI=1S/C27H34BrClN2O2/c1-27(2)11-10-20(24(17-27)19-4-6-21(29)7-5-19)18-30-12-14-31(15-13-30)22-8-9-23(25(28)16-22)26(32)33-3/h4-9,16,20,24H,10-15,17-18H2,1-3H3. The minimum atomic E-state index is -0.316. The van der Waals surface area contributed by atoms with Crippen LogP contribution in [0.5, 0.6) is 0 Å². The van der Waals surface area contributed by atoms with Crippen LogP contribution >= 0.6 is 27.5 Å². The summed E-state index contributed by atoms with van der Waals surface area (Å²) < 4.78 is 5.63. The molecule has 0 radical (unpaired) electrons. The number of benzene rings is 2. The summed E-state index contributed by atoms with van der Waals surface area (Å²) in [4.78, 5) is 16.9. The number of piperazine rings is 1. The second kappa shape index (κ2) is 10.4. The maximum atomic E-state index is 11.9. The molecule has 2 aromatic rings. The van der Waals surface area contributed by atoms with Crippen LogP contribution in [0.3, 0.4) is 0 Å². The highest BCUT2D eigenvalue weighted by molar-refractivity contribution is 9.10. The lowest BCUT2D eigenvalue weighted by molar-refractivity contribution is 0.0599. The molecule has 33 heavy (non-hydrogen) atoms. The minimum Gasteiger partial charge on any atom is -0.465 e. The zero-order chi connectivity index (χ0) is 23.6. The first-order chi connectivity index (χ1) is 15.8. The molecule has 0 bridgehead atoms. The Morgan fingerprint density at radius 3 is 2.45 bits per heavy atom. The van der Waals surface area contributed by atoms with Gasteiger partial charge in [-0.25, -0.2) is 4.79 Å². The van der Waals surface area contributed by atoms with Crippen molar-refractivity contribution in [2.24, 2.45) is 11.3 Å². The van der Waals surface area contributed by atoms with Gasteiger partial charge in [0.15, 0.2) is 0 Å². The molecule has 1 aliphatic carbocycles. The van der Waals surface area contributed by atoms with E-state index in [0.717, 1.165) is 47.9 Å². The number of esters is 1. The third kappa shape index (κ3) is 5.93. The highest BCUT2D eigenvalue weighted by atomic mass is 79.9. The molecular formula is C27H34BrClN2O2. The summed E-state index contributed by atoms with van der Waals surface area (Å²) in [7, 11) is 1.41. The van der Waals surface area contributed by atoms with Crippen molar-refractivity contribution < 1.29 is 9.53 Å². The molecule has 2 aromatic carbocycles. The number of halogens is 2. The Hall–Kier alpha value is -1.56. The van der Waals surface area contributed by atoms with Gasteiger partial charge >= 0.3 is 5.97 Å². The lowest BCUT2D eigenvalue weighted by Gasteiger charge is -2.44. The van der Waals surface area contributed by atoms with Crippen LogP contribution in [-0.2, 0) is 4.74 Å². The van der Waals surface area contributed by atoms with Crippen molar-refractivity contribution in [1.29, 1.82) is 0 Å². The van der Waals surface area contributed by atoms with Gasteiger partial charge in [0.25, 0.3) is 0 Å². The van der Waals surface area contributed by atoms with Crippen LogP contribution in [0.25, 0.3) is 0 Å². The molecule has 2 unspecified atom stereocenters. The maximum Gasteiger partial charge on any atom is 0.339 e. The van der Waals surface area contributed by atoms with Crippen molar-refractivity contribution in [2.75, 3.05) is 44.7 Å². The Labute approximate surface area is 211 Å². The van der Waals surface area contributed by atoms with Crippen LogP contribution in [0, 0.1) is 11.3 Å². The second-order valence-electron chi connectivity index (χ2n) is 10.3. The molecule has 2 fully saturated rings. The molecule has 1 aliphatic heterocycles. The molecule has 0 aromatic heterocycles. The monoisotopic (exact) mass is 532 g/mol. The maximum absolute atomic E-state index is 11.9. The lowest BCUT2D eigenvalue weighted by atomic mass is 9.65. The van der Waals surface area contributed by atoms with Crippen molar-refractivity contribution in [2.45, 2.75) is 39.0 Å². The van der Waals surface area contributed by atoms with Gasteiger partial charge in [0, 0.05) is 47.9 Å². The number of rotatable bonds is 5. The van der Waals surface area contributed by atoms with E-state index in [1.807, 2.05) is 30.3 Å². The topological polar surface area (TPSA) is 32.8 Å². The van der Waals surface area contributed by atoms with E-state index in [1.165, 1.54) is 31.9 Å². The van der Waals surface area contributed by atoms with Gasteiger partial charge in [-0.15, -0.1) is 0 Å². The van der Waals surface area contributed by atoms with Crippen molar-refractivity contribution in [3.05, 3.63) is 63.1 Å². The van der Waals surface area contributed by atoms with Gasteiger partial charge in [-0.1, -0.05) is 37.6 Å². The molecule has 1 heterocycles. The smallest absolute Gasteiger partial charge is 0.339 e. The van der Waals surface area contributed by atoms with Crippen molar-refractivity contribution >= 4 is 39.2 Å². The van der Waals surface area contributed by atoms with E-state index in [1.54, 1.807) is 0 Å². The van der Waals surface area contributed by atoms with Gasteiger partial charge < -0.3 is 9.64 Å². The van der Waals surface area contributed by atoms with E-state index < -0.39 is 0 Å². The Morgan fingerprint density at radius 1 is 1.12 bits per heavy atom. The Balaban J connectivity index is 1.39. The number of carbonyl (C=O) groups excluding carboxylic acids is 1. The Bertz CT molecular complexity index is 971. The third-order valence-corrected chi connectivity index (χ3v) is 8.33. The molecule has 6 heteroatoms. The van der Waals surface area contributed by atoms with E-state index in [0.29, 0.717) is 22.8 Å². The number of methoxy groups -OCH3 is 1. The largest absolute Gasteiger partial charge is 0.465 e. The van der Waals surface area contributed by atoms with Crippen molar-refractivity contribution in [1.82, 2.24) is 4.90 Å². The van der Waals surface area contributed by atoms with Gasteiger partial charge in [0.1, 0.15) is 0 Å². The van der Waals surface area contributed by atoms with Crippen molar-refractivity contribution in [3.63, 3.8) is 0 Å². The predicted octanol–water partition coefficient (Wildman–Crippen LogP) is 6.62. The SMILES string of the molecule is COC(=O)c1ccc(N2CCN(CC3CCC(C)(C)CC3c3ccc(Cl)cc3)CC2)cc1Br. The number of anilines is 1. The highest BCUT2D eigenvalue weighted by Gasteiger charge is 2.36. The van der Waals surface area contributed by atoms with Gasteiger partial charge in [-0.05, 0) is 88.3 Å². The van der Waals surface area contributed by atoms with Crippen LogP contribution < -0.4 is 4.90 Å². The average molecular weight is 534 g/mol. The molecule has 0 amide bonds. The first-order valence-corrected chi connectivity index (χ1v) is 13.0. The normalized spacial score (nSPS) is 23.4. The Kier molecular flexibility index (Phi) is 7.72. The summed E-state index contributed by atoms with van der Waals surface area (Å²) in [5, 5.41) is 0.813. The molecule has 178 valence electrons. The molecule has 4 rings (SSSR count). The van der Waals surface area contributed by atoms with Gasteiger partial charge in [0.05, 0.1) is 12.7 Å². The fourth-order valence-corrected chi connectivity index (χ4v) is 6.11. The summed E-state index contributed by atoms with van der Waals surface area (Å²) in [6.45, 7) is 10.1. The van der Waals surface area contributed by atoms with E-state index in [2.05, 4.69) is 51.7 Å². The van der Waals surface area contributed by atoms with Crippen LogP contribution in [0.15, 0.2) is 46.9 Å². The van der Waals surface area contributed by atoms with Crippen LogP contribution in [0.4, 0.5) is 5.69 Å². The summed E-state index contributed by atoms with van der Waals surface area (Å²) in [5.74, 6) is 0.953. The van der Waals surface area contributed by atoms with Crippen LogP contribution in [0.2, 0.25) is 5.02 Å². The summed E-state index contributed by atoms with van der Waals surface area (Å²) >= 11 is 9.69. The van der Waals surface area contributed by atoms with Gasteiger partial charge in [0.2, 0.25) is 0 Å². The third-order valence-electron chi connectivity index (χ3n) is 7.42. The molecule has 2 aliphatic rings. The van der Waals surface area contributed by atoms with Gasteiger partial charge in [-0.2, -0.15) is 0 Å². The van der Waals surface area contributed by atoms with Crippen molar-refractivity contribution in [3.8, 4) is 0 Å². The molecule has 1 saturated carbocycles. The number of hydrogen-bond donors (Lipinski definition) is 0. The average Bonchev–Trinajstić information content (AvgIpc) is 2.80. The van der Waals surface area contributed by atoms with Crippen LogP contribution in [-0.4, -0.2) is 50.7 Å². The minimum absolute atomic E-state index is 0.316. The summed E-state index contributed by atoms with van der Waals surface area (Å²) in [5.41, 5.74) is 3.54. The summed E-state index contributed by atoms with van der Waals surface area (Å²) in [6, 6.07) is 14.4. The van der Waals surface area contributed by atoms with E-state index >= 15 is 0 Å². The molecular weight excluding hydrogens is 500 g/mol. The zero-order valence-electron chi connectivity index (χ0n) is 19.8.